The molecule has 76 valence electrons. The fraction of sp³-hybridized carbons (Fsp3) is 0.667. The minimum Gasteiger partial charge on any atom is -0.336 e. The van der Waals surface area contributed by atoms with E-state index in [0.29, 0.717) is 0 Å². The van der Waals surface area contributed by atoms with Gasteiger partial charge in [-0.1, -0.05) is 0 Å². The normalized spacial score (nSPS) is 11.7. The van der Waals surface area contributed by atoms with Crippen molar-refractivity contribution in [3.05, 3.63) is 0 Å². The van der Waals surface area contributed by atoms with E-state index in [4.69, 9.17) is 10.9 Å². The molecule has 1 atom stereocenters. The Morgan fingerprint density at radius 1 is 1.54 bits per heavy atom. The summed E-state index contributed by atoms with van der Waals surface area (Å²) in [4.78, 5) is 22.9. The van der Waals surface area contributed by atoms with Crippen LogP contribution in [0.4, 0.5) is 4.79 Å². The number of carbonyl (C=O) groups is 2. The van der Waals surface area contributed by atoms with Crippen LogP contribution in [0.5, 0.6) is 0 Å². The van der Waals surface area contributed by atoms with Crippen molar-refractivity contribution >= 4 is 11.9 Å². The van der Waals surface area contributed by atoms with Gasteiger partial charge in [-0.15, -0.1) is 0 Å². The Labute approximate surface area is 75.8 Å². The number of urea groups is 1. The van der Waals surface area contributed by atoms with Crippen molar-refractivity contribution in [3.8, 4) is 0 Å². The van der Waals surface area contributed by atoms with Crippen molar-refractivity contribution in [2.75, 3.05) is 20.6 Å². The molecule has 0 spiro atoms. The molecule has 0 heterocycles. The number of carbonyl (C=O) groups excluding carboxylic acids is 2. The highest BCUT2D eigenvalue weighted by molar-refractivity contribution is 5.81. The zero-order chi connectivity index (χ0) is 10.4. The zero-order valence-electron chi connectivity index (χ0n) is 7.57. The molecule has 0 rings (SSSR count). The van der Waals surface area contributed by atoms with Crippen LogP contribution >= 0.6 is 0 Å². The van der Waals surface area contributed by atoms with Crippen LogP contribution in [0.25, 0.3) is 0 Å². The molecule has 0 bridgehead atoms. The lowest BCUT2D eigenvalue weighted by molar-refractivity contribution is -0.130. The Bertz CT molecular complexity index is 194. The van der Waals surface area contributed by atoms with Gasteiger partial charge in [-0.25, -0.2) is 10.3 Å². The molecule has 0 aromatic carbocycles. The number of hydrogen-bond acceptors (Lipinski definition) is 4. The van der Waals surface area contributed by atoms with E-state index in [2.05, 4.69) is 5.32 Å². The van der Waals surface area contributed by atoms with Gasteiger partial charge in [0.15, 0.2) is 0 Å². The largest absolute Gasteiger partial charge is 0.336 e. The highest BCUT2D eigenvalue weighted by Gasteiger charge is 2.13. The van der Waals surface area contributed by atoms with Crippen molar-refractivity contribution in [2.24, 2.45) is 5.73 Å². The van der Waals surface area contributed by atoms with Crippen LogP contribution in [-0.4, -0.2) is 48.7 Å². The summed E-state index contributed by atoms with van der Waals surface area (Å²) in [5, 5.41) is 10.6. The van der Waals surface area contributed by atoms with Crippen molar-refractivity contribution in [3.63, 3.8) is 0 Å². The Morgan fingerprint density at radius 3 is 2.46 bits per heavy atom. The van der Waals surface area contributed by atoms with Crippen molar-refractivity contribution < 1.29 is 14.8 Å². The summed E-state index contributed by atoms with van der Waals surface area (Å²) in [7, 11) is 3.12. The van der Waals surface area contributed by atoms with Crippen LogP contribution in [0.3, 0.4) is 0 Å². The van der Waals surface area contributed by atoms with Gasteiger partial charge in [-0.3, -0.25) is 10.0 Å². The van der Waals surface area contributed by atoms with Gasteiger partial charge in [0.25, 0.3) is 5.91 Å². The molecule has 3 amide bonds. The number of rotatable bonds is 3. The van der Waals surface area contributed by atoms with Crippen molar-refractivity contribution in [1.29, 1.82) is 0 Å². The van der Waals surface area contributed by atoms with E-state index >= 15 is 0 Å². The van der Waals surface area contributed by atoms with Crippen LogP contribution in [0, 0.1) is 0 Å². The maximum absolute atomic E-state index is 10.9. The van der Waals surface area contributed by atoms with E-state index in [1.807, 2.05) is 0 Å². The van der Waals surface area contributed by atoms with Crippen LogP contribution in [0.15, 0.2) is 0 Å². The number of hydrogen-bond donors (Lipinski definition) is 4. The second kappa shape index (κ2) is 5.33. The first-order chi connectivity index (χ1) is 5.99. The molecule has 1 unspecified atom stereocenters. The second-order valence-corrected chi connectivity index (χ2v) is 2.66. The lowest BCUT2D eigenvalue weighted by atomic mass is 10.3. The van der Waals surface area contributed by atoms with Crippen molar-refractivity contribution in [2.45, 2.75) is 6.04 Å². The molecule has 0 aliphatic rings. The molecule has 0 saturated carbocycles. The van der Waals surface area contributed by atoms with Gasteiger partial charge < -0.3 is 16.0 Å². The average molecular weight is 190 g/mol. The summed E-state index contributed by atoms with van der Waals surface area (Å²) in [6.45, 7) is -0.0244. The molecular formula is C6H14N4O3. The summed E-state index contributed by atoms with van der Waals surface area (Å²) in [5.74, 6) is -0.737. The quantitative estimate of drug-likeness (QED) is 0.307. The van der Waals surface area contributed by atoms with Gasteiger partial charge in [0.05, 0.1) is 0 Å². The molecule has 7 nitrogen and oxygen atoms in total. The summed E-state index contributed by atoms with van der Waals surface area (Å²) >= 11 is 0. The monoisotopic (exact) mass is 190 g/mol. The van der Waals surface area contributed by atoms with Crippen LogP contribution < -0.4 is 16.5 Å². The van der Waals surface area contributed by atoms with Crippen molar-refractivity contribution in [1.82, 2.24) is 15.7 Å². The van der Waals surface area contributed by atoms with Gasteiger partial charge in [0, 0.05) is 20.6 Å². The van der Waals surface area contributed by atoms with E-state index in [1.165, 1.54) is 10.4 Å². The SMILES string of the molecule is CN(C)C(=O)NCC(N)C(=O)NO. The molecule has 0 aromatic heterocycles. The van der Waals surface area contributed by atoms with E-state index in [9.17, 15) is 9.59 Å². The second-order valence-electron chi connectivity index (χ2n) is 2.66. The molecule has 0 aromatic rings. The fourth-order valence-corrected chi connectivity index (χ4v) is 0.531. The van der Waals surface area contributed by atoms with E-state index in [1.54, 1.807) is 14.1 Å². The van der Waals surface area contributed by atoms with E-state index in [0.717, 1.165) is 0 Å². The van der Waals surface area contributed by atoms with Crippen LogP contribution in [0.1, 0.15) is 0 Å². The smallest absolute Gasteiger partial charge is 0.316 e. The molecule has 5 N–H and O–H groups in total. The average Bonchev–Trinajstić information content (AvgIpc) is 2.11. The molecule has 7 heteroatoms. The van der Waals surface area contributed by atoms with Gasteiger partial charge in [-0.05, 0) is 0 Å². The molecule has 0 saturated heterocycles. The standard InChI is InChI=1S/C6H14N4O3/c1-10(2)6(12)8-3-4(7)5(11)9-13/h4,13H,3,7H2,1-2H3,(H,8,12)(H,9,11). The summed E-state index contributed by atoms with van der Waals surface area (Å²) in [5.41, 5.74) is 6.66. The Morgan fingerprint density at radius 2 is 2.08 bits per heavy atom. The minimum atomic E-state index is -0.950. The lowest BCUT2D eigenvalue weighted by Crippen LogP contribution is -2.48. The van der Waals surface area contributed by atoms with Gasteiger partial charge in [0.2, 0.25) is 0 Å². The zero-order valence-corrected chi connectivity index (χ0v) is 7.57. The summed E-state index contributed by atoms with van der Waals surface area (Å²) in [6, 6.07) is -1.30. The maximum atomic E-state index is 10.9. The third kappa shape index (κ3) is 4.28. The summed E-state index contributed by atoms with van der Waals surface area (Å²) in [6.07, 6.45) is 0. The Hall–Kier alpha value is -1.34. The third-order valence-electron chi connectivity index (χ3n) is 1.33. The Kier molecular flexibility index (Phi) is 4.78. The highest BCUT2D eigenvalue weighted by Crippen LogP contribution is 1.79. The number of nitrogens with zero attached hydrogens (tertiary/aromatic N) is 1. The number of amides is 3. The first-order valence-electron chi connectivity index (χ1n) is 3.63. The Balaban J connectivity index is 3.76. The van der Waals surface area contributed by atoms with Gasteiger partial charge >= 0.3 is 6.03 Å². The molecule has 0 aliphatic carbocycles. The fourth-order valence-electron chi connectivity index (χ4n) is 0.531. The van der Waals surface area contributed by atoms with Crippen LogP contribution in [0.2, 0.25) is 0 Å². The predicted octanol–water partition coefficient (Wildman–Crippen LogP) is -1.91. The van der Waals surface area contributed by atoms with Gasteiger partial charge in [0.1, 0.15) is 6.04 Å². The summed E-state index contributed by atoms with van der Waals surface area (Å²) < 4.78 is 0. The first kappa shape index (κ1) is 11.7. The molecule has 0 aliphatic heterocycles. The topological polar surface area (TPSA) is 108 Å². The molecule has 13 heavy (non-hydrogen) atoms. The molecular weight excluding hydrogens is 176 g/mol. The number of hydroxylamine groups is 1. The number of nitrogens with one attached hydrogen (secondary N) is 2. The molecule has 0 radical (unpaired) electrons. The third-order valence-corrected chi connectivity index (χ3v) is 1.33. The van der Waals surface area contributed by atoms with Gasteiger partial charge in [-0.2, -0.15) is 0 Å². The highest BCUT2D eigenvalue weighted by atomic mass is 16.5. The minimum absolute atomic E-state index is 0.0244. The predicted molar refractivity (Wildman–Crippen MR) is 45.0 cm³/mol. The molecule has 0 fully saturated rings. The van der Waals surface area contributed by atoms with E-state index in [-0.39, 0.29) is 12.6 Å². The first-order valence-corrected chi connectivity index (χ1v) is 3.63. The van der Waals surface area contributed by atoms with E-state index < -0.39 is 11.9 Å². The lowest BCUT2D eigenvalue weighted by Gasteiger charge is -2.14. The van der Waals surface area contributed by atoms with Crippen LogP contribution in [-0.2, 0) is 4.79 Å². The number of nitrogens with two attached hydrogens (primary N) is 1. The maximum Gasteiger partial charge on any atom is 0.316 e.